The maximum absolute atomic E-state index is 13.4. The van der Waals surface area contributed by atoms with Crippen molar-refractivity contribution in [3.63, 3.8) is 0 Å². The number of alkyl halides is 3. The topological polar surface area (TPSA) is 65.5 Å². The minimum atomic E-state index is -4.74. The molecule has 0 aromatic carbocycles. The molecule has 116 valence electrons. The van der Waals surface area contributed by atoms with Crippen LogP contribution in [0, 0.1) is 0 Å². The zero-order valence-corrected chi connectivity index (χ0v) is 11.5. The van der Waals surface area contributed by atoms with Crippen molar-refractivity contribution in [1.82, 2.24) is 15.2 Å². The molecule has 1 aliphatic rings. The van der Waals surface area contributed by atoms with Gasteiger partial charge in [-0.1, -0.05) is 17.7 Å². The third-order valence-corrected chi connectivity index (χ3v) is 3.53. The van der Waals surface area contributed by atoms with Crippen LogP contribution in [-0.2, 0) is 0 Å². The first-order valence-corrected chi connectivity index (χ1v) is 6.58. The Hall–Kier alpha value is -1.54. The zero-order chi connectivity index (χ0) is 15.6. The van der Waals surface area contributed by atoms with Gasteiger partial charge in [-0.25, -0.2) is 9.78 Å². The molecule has 1 aliphatic heterocycles. The fourth-order valence-corrected chi connectivity index (χ4v) is 2.52. The van der Waals surface area contributed by atoms with E-state index in [1.165, 1.54) is 6.07 Å². The molecule has 1 saturated heterocycles. The standard InChI is InChI=1S/C12H13ClF3N3O2/c13-9-2-1-7(5-18-9)10(12(14,15)16)19(11(20)21)8-3-4-17-6-8/h1-2,5,8,10,17H,3-4,6H2,(H,20,21)/t8?,10-/m1/s1. The van der Waals surface area contributed by atoms with E-state index in [4.69, 9.17) is 11.6 Å². The van der Waals surface area contributed by atoms with E-state index in [-0.39, 0.29) is 17.3 Å². The Kier molecular flexibility index (Phi) is 4.58. The lowest BCUT2D eigenvalue weighted by Gasteiger charge is -2.35. The highest BCUT2D eigenvalue weighted by atomic mass is 35.5. The molecule has 9 heteroatoms. The van der Waals surface area contributed by atoms with E-state index in [9.17, 15) is 23.1 Å². The number of nitrogens with zero attached hydrogens (tertiary/aromatic N) is 2. The summed E-state index contributed by atoms with van der Waals surface area (Å²) in [5, 5.41) is 12.1. The van der Waals surface area contributed by atoms with Gasteiger partial charge in [-0.05, 0) is 19.0 Å². The predicted octanol–water partition coefficient (Wildman–Crippen LogP) is 2.68. The van der Waals surface area contributed by atoms with Gasteiger partial charge < -0.3 is 10.4 Å². The van der Waals surface area contributed by atoms with Crippen LogP contribution in [0.2, 0.25) is 5.15 Å². The van der Waals surface area contributed by atoms with Gasteiger partial charge in [-0.2, -0.15) is 13.2 Å². The van der Waals surface area contributed by atoms with Crippen molar-refractivity contribution in [2.24, 2.45) is 0 Å². The Labute approximate surface area is 123 Å². The van der Waals surface area contributed by atoms with E-state index in [1.807, 2.05) is 0 Å². The Morgan fingerprint density at radius 3 is 2.67 bits per heavy atom. The summed E-state index contributed by atoms with van der Waals surface area (Å²) in [7, 11) is 0. The van der Waals surface area contributed by atoms with Crippen LogP contribution >= 0.6 is 11.6 Å². The van der Waals surface area contributed by atoms with Crippen molar-refractivity contribution in [1.29, 1.82) is 0 Å². The highest BCUT2D eigenvalue weighted by Crippen LogP contribution is 2.39. The molecule has 1 aromatic heterocycles. The molecule has 2 atom stereocenters. The van der Waals surface area contributed by atoms with Crippen molar-refractivity contribution < 1.29 is 23.1 Å². The van der Waals surface area contributed by atoms with Gasteiger partial charge in [0, 0.05) is 24.3 Å². The molecule has 1 unspecified atom stereocenters. The molecule has 1 amide bonds. The van der Waals surface area contributed by atoms with Crippen LogP contribution in [-0.4, -0.2) is 46.4 Å². The SMILES string of the molecule is O=C(O)N(C1CCNC1)[C@H](c1ccc(Cl)nc1)C(F)(F)F. The Bertz CT molecular complexity index is 503. The number of nitrogens with one attached hydrogen (secondary N) is 1. The van der Waals surface area contributed by atoms with Crippen molar-refractivity contribution in [2.75, 3.05) is 13.1 Å². The van der Waals surface area contributed by atoms with Gasteiger partial charge in [0.2, 0.25) is 0 Å². The molecule has 0 radical (unpaired) electrons. The highest BCUT2D eigenvalue weighted by Gasteiger charge is 2.49. The summed E-state index contributed by atoms with van der Waals surface area (Å²) in [5.74, 6) is 0. The summed E-state index contributed by atoms with van der Waals surface area (Å²) in [6.45, 7) is 0.678. The third-order valence-electron chi connectivity index (χ3n) is 3.30. The maximum Gasteiger partial charge on any atom is 0.413 e. The van der Waals surface area contributed by atoms with Crippen LogP contribution in [0.1, 0.15) is 18.0 Å². The van der Waals surface area contributed by atoms with Gasteiger partial charge in [-0.3, -0.25) is 4.90 Å². The fraction of sp³-hybridized carbons (Fsp3) is 0.500. The van der Waals surface area contributed by atoms with Gasteiger partial charge in [0.25, 0.3) is 0 Å². The molecule has 0 aliphatic carbocycles. The van der Waals surface area contributed by atoms with Gasteiger partial charge >= 0.3 is 12.3 Å². The van der Waals surface area contributed by atoms with Gasteiger partial charge in [0.1, 0.15) is 5.15 Å². The van der Waals surface area contributed by atoms with Crippen molar-refractivity contribution in [2.45, 2.75) is 24.7 Å². The molecular weight excluding hydrogens is 311 g/mol. The summed E-state index contributed by atoms with van der Waals surface area (Å²) in [5.41, 5.74) is -0.249. The normalized spacial score (nSPS) is 20.3. The smallest absolute Gasteiger partial charge is 0.413 e. The molecule has 0 spiro atoms. The van der Waals surface area contributed by atoms with Crippen molar-refractivity contribution >= 4 is 17.7 Å². The minimum Gasteiger partial charge on any atom is -0.465 e. The lowest BCUT2D eigenvalue weighted by atomic mass is 10.0. The number of halogens is 4. The predicted molar refractivity (Wildman–Crippen MR) is 69.2 cm³/mol. The van der Waals surface area contributed by atoms with E-state index in [0.29, 0.717) is 17.9 Å². The molecule has 2 N–H and O–H groups in total. The van der Waals surface area contributed by atoms with E-state index in [0.717, 1.165) is 12.3 Å². The lowest BCUT2D eigenvalue weighted by Crippen LogP contribution is -2.48. The minimum absolute atomic E-state index is 0.0454. The molecule has 0 bridgehead atoms. The first-order valence-electron chi connectivity index (χ1n) is 6.21. The average molecular weight is 324 g/mol. The summed E-state index contributed by atoms with van der Waals surface area (Å²) < 4.78 is 40.2. The Balaban J connectivity index is 2.42. The summed E-state index contributed by atoms with van der Waals surface area (Å²) in [4.78, 5) is 15.4. The van der Waals surface area contributed by atoms with Gasteiger partial charge in [0.15, 0.2) is 6.04 Å². The Morgan fingerprint density at radius 1 is 1.52 bits per heavy atom. The molecule has 5 nitrogen and oxygen atoms in total. The molecule has 21 heavy (non-hydrogen) atoms. The van der Waals surface area contributed by atoms with Gasteiger partial charge in [-0.15, -0.1) is 0 Å². The summed E-state index contributed by atoms with van der Waals surface area (Å²) in [6, 6.07) is -0.636. The first-order chi connectivity index (χ1) is 9.80. The van der Waals surface area contributed by atoms with Crippen molar-refractivity contribution in [3.8, 4) is 0 Å². The van der Waals surface area contributed by atoms with E-state index in [2.05, 4.69) is 10.3 Å². The second-order valence-electron chi connectivity index (χ2n) is 4.69. The van der Waals surface area contributed by atoms with Crippen LogP contribution in [0.15, 0.2) is 18.3 Å². The van der Waals surface area contributed by atoms with Crippen LogP contribution in [0.4, 0.5) is 18.0 Å². The number of carbonyl (C=O) groups is 1. The van der Waals surface area contributed by atoms with E-state index in [1.54, 1.807) is 0 Å². The number of hydrogen-bond acceptors (Lipinski definition) is 3. The Morgan fingerprint density at radius 2 is 2.24 bits per heavy atom. The van der Waals surface area contributed by atoms with Gasteiger partial charge in [0.05, 0.1) is 0 Å². The number of rotatable bonds is 3. The maximum atomic E-state index is 13.4. The summed E-state index contributed by atoms with van der Waals surface area (Å²) in [6.07, 6.45) is -5.06. The highest BCUT2D eigenvalue weighted by molar-refractivity contribution is 6.29. The number of hydrogen-bond donors (Lipinski definition) is 2. The fourth-order valence-electron chi connectivity index (χ4n) is 2.41. The molecular formula is C12H13ClF3N3O2. The zero-order valence-electron chi connectivity index (χ0n) is 10.8. The van der Waals surface area contributed by atoms with Crippen molar-refractivity contribution in [3.05, 3.63) is 29.0 Å². The number of pyridine rings is 1. The molecule has 0 saturated carbocycles. The van der Waals surface area contributed by atoms with E-state index >= 15 is 0 Å². The van der Waals surface area contributed by atoms with Crippen LogP contribution in [0.25, 0.3) is 0 Å². The first kappa shape index (κ1) is 15.8. The molecule has 1 aromatic rings. The number of amides is 1. The third kappa shape index (κ3) is 3.56. The van der Waals surface area contributed by atoms with E-state index < -0.39 is 24.4 Å². The number of aromatic nitrogens is 1. The number of carboxylic acid groups (broad SMARTS) is 1. The quantitative estimate of drug-likeness (QED) is 0.839. The summed E-state index contributed by atoms with van der Waals surface area (Å²) >= 11 is 5.57. The van der Waals surface area contributed by atoms with Crippen LogP contribution in [0.5, 0.6) is 0 Å². The molecule has 2 heterocycles. The van der Waals surface area contributed by atoms with Crippen LogP contribution < -0.4 is 5.32 Å². The molecule has 1 fully saturated rings. The second-order valence-corrected chi connectivity index (χ2v) is 5.08. The largest absolute Gasteiger partial charge is 0.465 e. The average Bonchev–Trinajstić information content (AvgIpc) is 2.89. The second kappa shape index (κ2) is 6.07. The van der Waals surface area contributed by atoms with Crippen LogP contribution in [0.3, 0.4) is 0 Å². The lowest BCUT2D eigenvalue weighted by molar-refractivity contribution is -0.185. The monoisotopic (exact) mass is 323 g/mol. The molecule has 2 rings (SSSR count).